The van der Waals surface area contributed by atoms with E-state index < -0.39 is 0 Å². The molecule has 0 aliphatic carbocycles. The largest absolute Gasteiger partial charge is 0.376 e. The van der Waals surface area contributed by atoms with Crippen molar-refractivity contribution in [3.8, 4) is 0 Å². The van der Waals surface area contributed by atoms with Gasteiger partial charge in [-0.15, -0.1) is 11.3 Å². The Morgan fingerprint density at radius 2 is 2.25 bits per heavy atom. The molecule has 1 N–H and O–H groups in total. The minimum Gasteiger partial charge on any atom is -0.376 e. The van der Waals surface area contributed by atoms with Crippen LogP contribution in [-0.4, -0.2) is 40.0 Å². The van der Waals surface area contributed by atoms with Gasteiger partial charge < -0.3 is 10.1 Å². The first-order valence-corrected chi connectivity index (χ1v) is 11.7. The SMILES string of the molecule is CCCNC(=O)C(C)Sc1nc2sc(C)c(CC)c2c(=O)n1CC1CCCO1. The summed E-state index contributed by atoms with van der Waals surface area (Å²) >= 11 is 2.92. The van der Waals surface area contributed by atoms with Crippen molar-refractivity contribution in [3.05, 3.63) is 20.8 Å². The van der Waals surface area contributed by atoms with E-state index in [0.717, 1.165) is 52.9 Å². The quantitative estimate of drug-likeness (QED) is 0.519. The van der Waals surface area contributed by atoms with Gasteiger partial charge in [-0.05, 0) is 45.1 Å². The molecule has 3 rings (SSSR count). The Bertz CT molecular complexity index is 900. The van der Waals surface area contributed by atoms with E-state index in [9.17, 15) is 9.59 Å². The summed E-state index contributed by atoms with van der Waals surface area (Å²) in [5.74, 6) is -0.0264. The van der Waals surface area contributed by atoms with Crippen LogP contribution in [0.25, 0.3) is 10.2 Å². The van der Waals surface area contributed by atoms with E-state index in [1.807, 2.05) is 20.8 Å². The zero-order valence-electron chi connectivity index (χ0n) is 17.0. The second-order valence-corrected chi connectivity index (χ2v) is 9.68. The first kappa shape index (κ1) is 21.3. The Balaban J connectivity index is 2.01. The van der Waals surface area contributed by atoms with E-state index in [1.54, 1.807) is 15.9 Å². The van der Waals surface area contributed by atoms with Crippen molar-refractivity contribution in [2.75, 3.05) is 13.2 Å². The highest BCUT2D eigenvalue weighted by Gasteiger charge is 2.25. The Morgan fingerprint density at radius 1 is 1.46 bits per heavy atom. The van der Waals surface area contributed by atoms with Gasteiger partial charge in [0.05, 0.1) is 23.3 Å². The molecule has 0 aromatic carbocycles. The maximum atomic E-state index is 13.4. The van der Waals surface area contributed by atoms with Crippen LogP contribution in [0.5, 0.6) is 0 Å². The average Bonchev–Trinajstić information content (AvgIpc) is 3.29. The molecule has 2 aromatic heterocycles. The number of thiophene rings is 1. The van der Waals surface area contributed by atoms with E-state index in [4.69, 9.17) is 9.72 Å². The number of rotatable bonds is 8. The zero-order valence-corrected chi connectivity index (χ0v) is 18.7. The molecule has 2 atom stereocenters. The van der Waals surface area contributed by atoms with E-state index in [1.165, 1.54) is 11.8 Å². The molecule has 1 fully saturated rings. The van der Waals surface area contributed by atoms with Crippen LogP contribution in [0.4, 0.5) is 0 Å². The summed E-state index contributed by atoms with van der Waals surface area (Å²) in [5, 5.41) is 3.94. The number of aromatic nitrogens is 2. The molecule has 0 radical (unpaired) electrons. The number of thioether (sulfide) groups is 1. The highest BCUT2D eigenvalue weighted by atomic mass is 32.2. The number of nitrogens with zero attached hydrogens (tertiary/aromatic N) is 2. The van der Waals surface area contributed by atoms with Gasteiger partial charge in [0.2, 0.25) is 5.91 Å². The van der Waals surface area contributed by atoms with Crippen LogP contribution in [0, 0.1) is 6.92 Å². The molecule has 8 heteroatoms. The van der Waals surface area contributed by atoms with Gasteiger partial charge in [-0.2, -0.15) is 0 Å². The lowest BCUT2D eigenvalue weighted by atomic mass is 10.1. The first-order chi connectivity index (χ1) is 13.5. The molecule has 6 nitrogen and oxygen atoms in total. The van der Waals surface area contributed by atoms with Crippen molar-refractivity contribution in [2.24, 2.45) is 0 Å². The number of amides is 1. The fraction of sp³-hybridized carbons (Fsp3) is 0.650. The van der Waals surface area contributed by atoms with Crippen molar-refractivity contribution in [1.82, 2.24) is 14.9 Å². The van der Waals surface area contributed by atoms with Gasteiger partial charge in [0.15, 0.2) is 5.16 Å². The Labute approximate surface area is 174 Å². The number of fused-ring (bicyclic) bond motifs is 1. The standard InChI is InChI=1S/C20H29N3O3S2/c1-5-9-21-17(24)13(4)28-20-22-18-16(15(6-2)12(3)27-18)19(25)23(20)11-14-8-7-10-26-14/h13-14H,5-11H2,1-4H3,(H,21,24). The first-order valence-electron chi connectivity index (χ1n) is 10.0. The second-order valence-electron chi connectivity index (χ2n) is 7.17. The van der Waals surface area contributed by atoms with Gasteiger partial charge >= 0.3 is 0 Å². The molecule has 1 aliphatic heterocycles. The molecular weight excluding hydrogens is 394 g/mol. The number of hydrogen-bond acceptors (Lipinski definition) is 6. The van der Waals surface area contributed by atoms with E-state index in [2.05, 4.69) is 12.2 Å². The molecule has 0 bridgehead atoms. The monoisotopic (exact) mass is 423 g/mol. The van der Waals surface area contributed by atoms with Crippen LogP contribution < -0.4 is 10.9 Å². The van der Waals surface area contributed by atoms with Crippen LogP contribution in [0.3, 0.4) is 0 Å². The van der Waals surface area contributed by atoms with Crippen LogP contribution in [0.15, 0.2) is 9.95 Å². The highest BCUT2D eigenvalue weighted by molar-refractivity contribution is 8.00. The van der Waals surface area contributed by atoms with Crippen LogP contribution in [-0.2, 0) is 22.5 Å². The summed E-state index contributed by atoms with van der Waals surface area (Å²) < 4.78 is 7.51. The molecule has 1 saturated heterocycles. The maximum absolute atomic E-state index is 13.4. The van der Waals surface area contributed by atoms with E-state index in [-0.39, 0.29) is 22.8 Å². The molecule has 0 spiro atoms. The average molecular weight is 424 g/mol. The smallest absolute Gasteiger partial charge is 0.263 e. The number of carbonyl (C=O) groups excluding carboxylic acids is 1. The molecule has 154 valence electrons. The minimum atomic E-state index is -0.321. The van der Waals surface area contributed by atoms with Crippen molar-refractivity contribution in [2.45, 2.75) is 76.4 Å². The Hall–Kier alpha value is -1.38. The maximum Gasteiger partial charge on any atom is 0.263 e. The number of ether oxygens (including phenoxy) is 1. The molecule has 2 aromatic rings. The third-order valence-corrected chi connectivity index (χ3v) is 7.17. The van der Waals surface area contributed by atoms with Crippen molar-refractivity contribution in [3.63, 3.8) is 0 Å². The van der Waals surface area contributed by atoms with Gasteiger partial charge in [-0.25, -0.2) is 4.98 Å². The molecule has 28 heavy (non-hydrogen) atoms. The Morgan fingerprint density at radius 3 is 2.89 bits per heavy atom. The number of carbonyl (C=O) groups is 1. The summed E-state index contributed by atoms with van der Waals surface area (Å²) in [6.45, 7) is 9.89. The van der Waals surface area contributed by atoms with Crippen LogP contribution >= 0.6 is 23.1 Å². The predicted molar refractivity (Wildman–Crippen MR) is 116 cm³/mol. The van der Waals surface area contributed by atoms with E-state index >= 15 is 0 Å². The van der Waals surface area contributed by atoms with E-state index in [0.29, 0.717) is 18.2 Å². The summed E-state index contributed by atoms with van der Waals surface area (Å²) in [6, 6.07) is 0. The number of hydrogen-bond donors (Lipinski definition) is 1. The van der Waals surface area contributed by atoms with Crippen molar-refractivity contribution >= 4 is 39.2 Å². The van der Waals surface area contributed by atoms with Crippen LogP contribution in [0.2, 0.25) is 0 Å². The lowest BCUT2D eigenvalue weighted by Crippen LogP contribution is -2.33. The lowest BCUT2D eigenvalue weighted by molar-refractivity contribution is -0.120. The normalized spacial score (nSPS) is 17.9. The molecule has 1 aliphatic rings. The number of aryl methyl sites for hydroxylation is 2. The van der Waals surface area contributed by atoms with Gasteiger partial charge in [-0.1, -0.05) is 25.6 Å². The fourth-order valence-corrected chi connectivity index (χ4v) is 5.60. The number of nitrogens with one attached hydrogen (secondary N) is 1. The topological polar surface area (TPSA) is 73.2 Å². The fourth-order valence-electron chi connectivity index (χ4n) is 3.50. The van der Waals surface area contributed by atoms with Crippen LogP contribution in [0.1, 0.15) is 50.5 Å². The third kappa shape index (κ3) is 4.44. The zero-order chi connectivity index (χ0) is 20.3. The Kier molecular flexibility index (Phi) is 7.17. The van der Waals surface area contributed by atoms with Gasteiger partial charge in [-0.3, -0.25) is 14.2 Å². The summed E-state index contributed by atoms with van der Waals surface area (Å²) in [6.07, 6.45) is 3.71. The van der Waals surface area contributed by atoms with Gasteiger partial charge in [0, 0.05) is 18.0 Å². The molecule has 2 unspecified atom stereocenters. The summed E-state index contributed by atoms with van der Waals surface area (Å²) in [7, 11) is 0. The second kappa shape index (κ2) is 9.41. The predicted octanol–water partition coefficient (Wildman–Crippen LogP) is 3.51. The molecule has 3 heterocycles. The minimum absolute atomic E-state index is 0.00892. The molecule has 0 saturated carbocycles. The summed E-state index contributed by atoms with van der Waals surface area (Å²) in [4.78, 5) is 32.5. The molecular formula is C20H29N3O3S2. The van der Waals surface area contributed by atoms with Crippen molar-refractivity contribution in [1.29, 1.82) is 0 Å². The third-order valence-electron chi connectivity index (χ3n) is 5.04. The van der Waals surface area contributed by atoms with Gasteiger partial charge in [0.25, 0.3) is 5.56 Å². The summed E-state index contributed by atoms with van der Waals surface area (Å²) in [5.41, 5.74) is 1.08. The lowest BCUT2D eigenvalue weighted by Gasteiger charge is -2.18. The molecule has 1 amide bonds. The highest BCUT2D eigenvalue weighted by Crippen LogP contribution is 2.31. The van der Waals surface area contributed by atoms with Gasteiger partial charge in [0.1, 0.15) is 4.83 Å². The van der Waals surface area contributed by atoms with Crippen molar-refractivity contribution < 1.29 is 9.53 Å².